The first-order chi connectivity index (χ1) is 12.7. The Balaban J connectivity index is 1.42. The standard InChI is InChI=1S/C18H11FN2O5/c19-13-5-2-1-4-12(13)16-8-11(20-25-16)10-24-18(22)14-9-17(26-21-14)15-6-3-7-23-15/h1-9H,10H2. The molecule has 3 heterocycles. The molecular weight excluding hydrogens is 343 g/mol. The summed E-state index contributed by atoms with van der Waals surface area (Å²) < 4.78 is 34.1. The van der Waals surface area contributed by atoms with E-state index in [1.165, 1.54) is 24.5 Å². The molecule has 0 unspecified atom stereocenters. The molecule has 0 atom stereocenters. The van der Waals surface area contributed by atoms with Crippen LogP contribution in [0.25, 0.3) is 22.8 Å². The molecule has 0 aliphatic heterocycles. The van der Waals surface area contributed by atoms with Gasteiger partial charge in [-0.1, -0.05) is 22.4 Å². The summed E-state index contributed by atoms with van der Waals surface area (Å²) in [6.07, 6.45) is 1.48. The normalized spacial score (nSPS) is 10.8. The van der Waals surface area contributed by atoms with Gasteiger partial charge in [0.1, 0.15) is 18.1 Å². The molecule has 8 heteroatoms. The minimum absolute atomic E-state index is 0.00535. The summed E-state index contributed by atoms with van der Waals surface area (Å²) in [5, 5.41) is 7.41. The van der Waals surface area contributed by atoms with Crippen molar-refractivity contribution in [2.45, 2.75) is 6.61 Å². The van der Waals surface area contributed by atoms with Gasteiger partial charge < -0.3 is 18.2 Å². The van der Waals surface area contributed by atoms with Crippen LogP contribution >= 0.6 is 0 Å². The number of aromatic nitrogens is 2. The number of ether oxygens (including phenoxy) is 1. The second-order valence-electron chi connectivity index (χ2n) is 5.29. The molecule has 0 aliphatic carbocycles. The third-order valence-corrected chi connectivity index (χ3v) is 3.53. The molecule has 0 spiro atoms. The summed E-state index contributed by atoms with van der Waals surface area (Å²) in [7, 11) is 0. The van der Waals surface area contributed by atoms with Gasteiger partial charge in [0.05, 0.1) is 11.8 Å². The molecule has 4 aromatic rings. The van der Waals surface area contributed by atoms with E-state index < -0.39 is 11.8 Å². The van der Waals surface area contributed by atoms with Crippen LogP contribution < -0.4 is 0 Å². The Bertz CT molecular complexity index is 1040. The second kappa shape index (κ2) is 6.67. The molecule has 0 saturated carbocycles. The molecule has 3 aromatic heterocycles. The third-order valence-electron chi connectivity index (χ3n) is 3.53. The predicted octanol–water partition coefficient (Wildman–Crippen LogP) is 4.09. The van der Waals surface area contributed by atoms with Gasteiger partial charge >= 0.3 is 5.97 Å². The largest absolute Gasteiger partial charge is 0.461 e. The monoisotopic (exact) mass is 354 g/mol. The zero-order chi connectivity index (χ0) is 17.9. The number of carbonyl (C=O) groups excluding carboxylic acids is 1. The Morgan fingerprint density at radius 2 is 1.85 bits per heavy atom. The van der Waals surface area contributed by atoms with Crippen molar-refractivity contribution >= 4 is 5.97 Å². The molecule has 7 nitrogen and oxygen atoms in total. The summed E-state index contributed by atoms with van der Waals surface area (Å²) in [5.41, 5.74) is 0.609. The summed E-state index contributed by atoms with van der Waals surface area (Å²) in [6, 6.07) is 12.4. The smallest absolute Gasteiger partial charge is 0.360 e. The van der Waals surface area contributed by atoms with Crippen LogP contribution in [0.3, 0.4) is 0 Å². The molecule has 0 aliphatic rings. The molecule has 130 valence electrons. The van der Waals surface area contributed by atoms with E-state index >= 15 is 0 Å². The van der Waals surface area contributed by atoms with Crippen LogP contribution in [0.5, 0.6) is 0 Å². The highest BCUT2D eigenvalue weighted by Gasteiger charge is 2.18. The number of nitrogens with zero attached hydrogens (tertiary/aromatic N) is 2. The maximum Gasteiger partial charge on any atom is 0.360 e. The zero-order valence-electron chi connectivity index (χ0n) is 13.2. The van der Waals surface area contributed by atoms with Crippen molar-refractivity contribution in [2.24, 2.45) is 0 Å². The maximum absolute atomic E-state index is 13.7. The lowest BCUT2D eigenvalue weighted by atomic mass is 10.1. The van der Waals surface area contributed by atoms with Gasteiger partial charge in [0.2, 0.25) is 5.76 Å². The van der Waals surface area contributed by atoms with Gasteiger partial charge in [0.25, 0.3) is 0 Å². The summed E-state index contributed by atoms with van der Waals surface area (Å²) in [5.74, 6) is -0.120. The fourth-order valence-corrected chi connectivity index (χ4v) is 2.29. The third kappa shape index (κ3) is 3.12. The van der Waals surface area contributed by atoms with Crippen molar-refractivity contribution in [3.05, 3.63) is 72.0 Å². The first-order valence-corrected chi connectivity index (χ1v) is 7.59. The highest BCUT2D eigenvalue weighted by molar-refractivity contribution is 5.88. The van der Waals surface area contributed by atoms with Gasteiger partial charge in [-0.15, -0.1) is 0 Å². The summed E-state index contributed by atoms with van der Waals surface area (Å²) >= 11 is 0. The van der Waals surface area contributed by atoms with E-state index in [0.29, 0.717) is 17.2 Å². The summed E-state index contributed by atoms with van der Waals surface area (Å²) in [6.45, 7) is -0.153. The van der Waals surface area contributed by atoms with Crippen molar-refractivity contribution in [2.75, 3.05) is 0 Å². The van der Waals surface area contributed by atoms with E-state index in [0.717, 1.165) is 0 Å². The number of hydrogen-bond acceptors (Lipinski definition) is 7. The topological polar surface area (TPSA) is 91.5 Å². The molecule has 1 aromatic carbocycles. The number of benzene rings is 1. The SMILES string of the molecule is O=C(OCc1cc(-c2ccccc2F)on1)c1cc(-c2ccco2)on1. The van der Waals surface area contributed by atoms with Crippen LogP contribution in [0.4, 0.5) is 4.39 Å². The molecule has 0 radical (unpaired) electrons. The molecular formula is C18H11FN2O5. The van der Waals surface area contributed by atoms with E-state index in [2.05, 4.69) is 10.3 Å². The second-order valence-corrected chi connectivity index (χ2v) is 5.29. The quantitative estimate of drug-likeness (QED) is 0.499. The van der Waals surface area contributed by atoms with Crippen LogP contribution in [-0.2, 0) is 11.3 Å². The van der Waals surface area contributed by atoms with E-state index in [1.54, 1.807) is 30.3 Å². The van der Waals surface area contributed by atoms with Crippen LogP contribution in [-0.4, -0.2) is 16.3 Å². The Hall–Kier alpha value is -3.68. The molecule has 0 fully saturated rings. The van der Waals surface area contributed by atoms with Crippen molar-refractivity contribution in [3.63, 3.8) is 0 Å². The molecule has 0 amide bonds. The molecule has 0 N–H and O–H groups in total. The fraction of sp³-hybridized carbons (Fsp3) is 0.0556. The Labute approximate surface area is 145 Å². The van der Waals surface area contributed by atoms with Crippen molar-refractivity contribution in [3.8, 4) is 22.8 Å². The lowest BCUT2D eigenvalue weighted by Gasteiger charge is -1.98. The van der Waals surface area contributed by atoms with E-state index in [4.69, 9.17) is 18.2 Å². The predicted molar refractivity (Wildman–Crippen MR) is 85.2 cm³/mol. The number of hydrogen-bond donors (Lipinski definition) is 0. The molecule has 4 rings (SSSR count). The number of halogens is 1. The maximum atomic E-state index is 13.7. The van der Waals surface area contributed by atoms with Gasteiger partial charge in [0, 0.05) is 12.1 Å². The van der Waals surface area contributed by atoms with Gasteiger partial charge in [-0.2, -0.15) is 0 Å². The lowest BCUT2D eigenvalue weighted by molar-refractivity contribution is 0.0452. The van der Waals surface area contributed by atoms with Crippen molar-refractivity contribution < 1.29 is 27.4 Å². The van der Waals surface area contributed by atoms with Crippen LogP contribution in [0.2, 0.25) is 0 Å². The Kier molecular flexibility index (Phi) is 4.06. The highest BCUT2D eigenvalue weighted by atomic mass is 19.1. The van der Waals surface area contributed by atoms with Gasteiger partial charge in [-0.3, -0.25) is 0 Å². The molecule has 26 heavy (non-hydrogen) atoms. The first-order valence-electron chi connectivity index (χ1n) is 7.59. The fourth-order valence-electron chi connectivity index (χ4n) is 2.29. The average molecular weight is 354 g/mol. The van der Waals surface area contributed by atoms with Gasteiger partial charge in [-0.25, -0.2) is 9.18 Å². The van der Waals surface area contributed by atoms with Crippen LogP contribution in [0.15, 0.2) is 68.3 Å². The molecule has 0 bridgehead atoms. The first kappa shape index (κ1) is 15.8. The summed E-state index contributed by atoms with van der Waals surface area (Å²) in [4.78, 5) is 12.0. The van der Waals surface area contributed by atoms with E-state index in [-0.39, 0.29) is 23.6 Å². The van der Waals surface area contributed by atoms with Crippen molar-refractivity contribution in [1.82, 2.24) is 10.3 Å². The van der Waals surface area contributed by atoms with Crippen LogP contribution in [0, 0.1) is 5.82 Å². The minimum atomic E-state index is -0.693. The Morgan fingerprint density at radius 1 is 1.00 bits per heavy atom. The highest BCUT2D eigenvalue weighted by Crippen LogP contribution is 2.24. The lowest BCUT2D eigenvalue weighted by Crippen LogP contribution is -2.05. The van der Waals surface area contributed by atoms with Gasteiger partial charge in [-0.05, 0) is 24.3 Å². The molecule has 0 saturated heterocycles. The van der Waals surface area contributed by atoms with Crippen molar-refractivity contribution in [1.29, 1.82) is 0 Å². The number of furan rings is 1. The number of carbonyl (C=O) groups is 1. The van der Waals surface area contributed by atoms with Crippen LogP contribution in [0.1, 0.15) is 16.2 Å². The van der Waals surface area contributed by atoms with E-state index in [9.17, 15) is 9.18 Å². The zero-order valence-corrected chi connectivity index (χ0v) is 13.2. The van der Waals surface area contributed by atoms with Gasteiger partial charge in [0.15, 0.2) is 17.2 Å². The number of rotatable bonds is 5. The minimum Gasteiger partial charge on any atom is -0.461 e. The average Bonchev–Trinajstić information content (AvgIpc) is 3.40. The number of esters is 1. The van der Waals surface area contributed by atoms with E-state index in [1.807, 2.05) is 0 Å². The Morgan fingerprint density at radius 3 is 2.65 bits per heavy atom.